The molecule has 110 valence electrons. The lowest BCUT2D eigenvalue weighted by atomic mass is 10.1. The minimum absolute atomic E-state index is 0.000918. The summed E-state index contributed by atoms with van der Waals surface area (Å²) in [6.45, 7) is 3.57. The maximum atomic E-state index is 12.5. The fourth-order valence-corrected chi connectivity index (χ4v) is 2.32. The number of rotatable bonds is 5. The molecule has 0 saturated heterocycles. The molecule has 3 nitrogen and oxygen atoms in total. The summed E-state index contributed by atoms with van der Waals surface area (Å²) in [5, 5.41) is 0.683. The van der Waals surface area contributed by atoms with E-state index in [0.29, 0.717) is 30.2 Å². The van der Waals surface area contributed by atoms with Crippen LogP contribution < -0.4 is 5.73 Å². The Morgan fingerprint density at radius 1 is 1.14 bits per heavy atom. The summed E-state index contributed by atoms with van der Waals surface area (Å²) in [7, 11) is 0. The van der Waals surface area contributed by atoms with Crippen molar-refractivity contribution < 1.29 is 4.79 Å². The molecule has 0 aromatic heterocycles. The molecule has 0 aliphatic heterocycles. The molecule has 0 heterocycles. The highest BCUT2D eigenvalue weighted by atomic mass is 35.5. The van der Waals surface area contributed by atoms with Gasteiger partial charge in [-0.2, -0.15) is 0 Å². The van der Waals surface area contributed by atoms with Crippen molar-refractivity contribution in [2.45, 2.75) is 20.0 Å². The van der Waals surface area contributed by atoms with Crippen LogP contribution >= 0.6 is 11.6 Å². The molecule has 1 amide bonds. The Morgan fingerprint density at radius 3 is 2.38 bits per heavy atom. The topological polar surface area (TPSA) is 46.3 Å². The van der Waals surface area contributed by atoms with Crippen LogP contribution in [0.3, 0.4) is 0 Å². The lowest BCUT2D eigenvalue weighted by Gasteiger charge is -2.21. The fraction of sp³-hybridized carbons (Fsp3) is 0.235. The van der Waals surface area contributed by atoms with Crippen molar-refractivity contribution in [3.63, 3.8) is 0 Å². The van der Waals surface area contributed by atoms with Gasteiger partial charge < -0.3 is 10.6 Å². The smallest absolute Gasteiger partial charge is 0.254 e. The van der Waals surface area contributed by atoms with Crippen molar-refractivity contribution in [2.24, 2.45) is 5.73 Å². The second-order valence-corrected chi connectivity index (χ2v) is 5.22. The van der Waals surface area contributed by atoms with Crippen LogP contribution in [0.1, 0.15) is 28.4 Å². The molecule has 2 aromatic rings. The minimum Gasteiger partial charge on any atom is -0.335 e. The van der Waals surface area contributed by atoms with E-state index in [4.69, 9.17) is 17.3 Å². The summed E-state index contributed by atoms with van der Waals surface area (Å²) in [4.78, 5) is 14.3. The average molecular weight is 303 g/mol. The number of benzene rings is 2. The van der Waals surface area contributed by atoms with Crippen LogP contribution in [0.2, 0.25) is 5.02 Å². The molecule has 0 fully saturated rings. The second-order valence-electron chi connectivity index (χ2n) is 4.81. The Labute approximate surface area is 130 Å². The molecule has 0 spiro atoms. The van der Waals surface area contributed by atoms with Crippen LogP contribution in [0.4, 0.5) is 0 Å². The number of nitrogens with zero attached hydrogens (tertiary/aromatic N) is 1. The SMILES string of the molecule is CCN(Cc1ccccc1Cl)C(=O)c1ccc(CN)cc1. The van der Waals surface area contributed by atoms with E-state index in [-0.39, 0.29) is 5.91 Å². The Kier molecular flexibility index (Phi) is 5.37. The van der Waals surface area contributed by atoms with Gasteiger partial charge in [0.05, 0.1) is 0 Å². The van der Waals surface area contributed by atoms with Gasteiger partial charge >= 0.3 is 0 Å². The lowest BCUT2D eigenvalue weighted by Crippen LogP contribution is -2.30. The zero-order valence-corrected chi connectivity index (χ0v) is 12.8. The monoisotopic (exact) mass is 302 g/mol. The Balaban J connectivity index is 2.16. The standard InChI is InChI=1S/C17H19ClN2O/c1-2-20(12-15-5-3-4-6-16(15)18)17(21)14-9-7-13(11-19)8-10-14/h3-10H,2,11-12,19H2,1H3. The second kappa shape index (κ2) is 7.25. The largest absolute Gasteiger partial charge is 0.335 e. The van der Waals surface area contributed by atoms with Gasteiger partial charge in [-0.1, -0.05) is 41.9 Å². The molecule has 0 aliphatic rings. The summed E-state index contributed by atoms with van der Waals surface area (Å²) in [6.07, 6.45) is 0. The van der Waals surface area contributed by atoms with E-state index >= 15 is 0 Å². The van der Waals surface area contributed by atoms with Gasteiger partial charge in [0.15, 0.2) is 0 Å². The van der Waals surface area contributed by atoms with Crippen molar-refractivity contribution in [3.8, 4) is 0 Å². The molecule has 0 unspecified atom stereocenters. The maximum absolute atomic E-state index is 12.5. The molecular weight excluding hydrogens is 284 g/mol. The van der Waals surface area contributed by atoms with Crippen molar-refractivity contribution in [3.05, 3.63) is 70.2 Å². The van der Waals surface area contributed by atoms with Gasteiger partial charge in [-0.3, -0.25) is 4.79 Å². The number of carbonyl (C=O) groups excluding carboxylic acids is 1. The van der Waals surface area contributed by atoms with Crippen molar-refractivity contribution >= 4 is 17.5 Å². The molecule has 4 heteroatoms. The first-order valence-corrected chi connectivity index (χ1v) is 7.35. The predicted octanol–water partition coefficient (Wildman–Crippen LogP) is 3.46. The van der Waals surface area contributed by atoms with Gasteiger partial charge in [0.25, 0.3) is 5.91 Å². The van der Waals surface area contributed by atoms with Crippen LogP contribution in [-0.4, -0.2) is 17.4 Å². The van der Waals surface area contributed by atoms with Crippen LogP contribution in [0.15, 0.2) is 48.5 Å². The molecule has 0 aliphatic carbocycles. The molecule has 2 aromatic carbocycles. The fourth-order valence-electron chi connectivity index (χ4n) is 2.13. The van der Waals surface area contributed by atoms with E-state index in [0.717, 1.165) is 11.1 Å². The Bertz CT molecular complexity index is 610. The van der Waals surface area contributed by atoms with Gasteiger partial charge in [-0.15, -0.1) is 0 Å². The van der Waals surface area contributed by atoms with Gasteiger partial charge in [0.1, 0.15) is 0 Å². The van der Waals surface area contributed by atoms with Crippen LogP contribution in [0, 0.1) is 0 Å². The molecule has 2 N–H and O–H groups in total. The van der Waals surface area contributed by atoms with Crippen LogP contribution in [-0.2, 0) is 13.1 Å². The number of hydrogen-bond acceptors (Lipinski definition) is 2. The van der Waals surface area contributed by atoms with Crippen LogP contribution in [0.5, 0.6) is 0 Å². The summed E-state index contributed by atoms with van der Waals surface area (Å²) in [6, 6.07) is 15.0. The van der Waals surface area contributed by atoms with Crippen molar-refractivity contribution in [1.29, 1.82) is 0 Å². The summed E-state index contributed by atoms with van der Waals surface area (Å²) >= 11 is 6.16. The molecule has 0 atom stereocenters. The van der Waals surface area contributed by atoms with Crippen molar-refractivity contribution in [1.82, 2.24) is 4.90 Å². The average Bonchev–Trinajstić information content (AvgIpc) is 2.53. The van der Waals surface area contributed by atoms with Gasteiger partial charge in [-0.25, -0.2) is 0 Å². The third kappa shape index (κ3) is 3.84. The number of carbonyl (C=O) groups is 1. The molecule has 2 rings (SSSR count). The molecule has 0 bridgehead atoms. The molecule has 21 heavy (non-hydrogen) atoms. The zero-order chi connectivity index (χ0) is 15.2. The maximum Gasteiger partial charge on any atom is 0.254 e. The first-order chi connectivity index (χ1) is 10.2. The number of hydrogen-bond donors (Lipinski definition) is 1. The lowest BCUT2D eigenvalue weighted by molar-refractivity contribution is 0.0752. The van der Waals surface area contributed by atoms with Crippen LogP contribution in [0.25, 0.3) is 0 Å². The number of nitrogens with two attached hydrogens (primary N) is 1. The van der Waals surface area contributed by atoms with E-state index in [1.54, 1.807) is 4.90 Å². The molecule has 0 saturated carbocycles. The molecular formula is C17H19ClN2O. The Hall–Kier alpha value is -1.84. The zero-order valence-electron chi connectivity index (χ0n) is 12.1. The quantitative estimate of drug-likeness (QED) is 0.919. The van der Waals surface area contributed by atoms with E-state index in [1.807, 2.05) is 55.5 Å². The highest BCUT2D eigenvalue weighted by molar-refractivity contribution is 6.31. The third-order valence-electron chi connectivity index (χ3n) is 3.42. The number of amides is 1. The molecule has 0 radical (unpaired) electrons. The van der Waals surface area contributed by atoms with Gasteiger partial charge in [0, 0.05) is 30.2 Å². The highest BCUT2D eigenvalue weighted by Gasteiger charge is 2.15. The minimum atomic E-state index is 0.000918. The normalized spacial score (nSPS) is 10.4. The Morgan fingerprint density at radius 2 is 1.81 bits per heavy atom. The summed E-state index contributed by atoms with van der Waals surface area (Å²) < 4.78 is 0. The van der Waals surface area contributed by atoms with E-state index in [9.17, 15) is 4.79 Å². The number of halogens is 1. The van der Waals surface area contributed by atoms with Crippen molar-refractivity contribution in [2.75, 3.05) is 6.54 Å². The first-order valence-electron chi connectivity index (χ1n) is 6.97. The summed E-state index contributed by atoms with van der Waals surface area (Å²) in [5.41, 5.74) is 8.20. The third-order valence-corrected chi connectivity index (χ3v) is 3.79. The van der Waals surface area contributed by atoms with E-state index < -0.39 is 0 Å². The highest BCUT2D eigenvalue weighted by Crippen LogP contribution is 2.18. The van der Waals surface area contributed by atoms with E-state index in [1.165, 1.54) is 0 Å². The first kappa shape index (κ1) is 15.5. The van der Waals surface area contributed by atoms with Gasteiger partial charge in [0.2, 0.25) is 0 Å². The van der Waals surface area contributed by atoms with E-state index in [2.05, 4.69) is 0 Å². The van der Waals surface area contributed by atoms with Gasteiger partial charge in [-0.05, 0) is 36.2 Å². The summed E-state index contributed by atoms with van der Waals surface area (Å²) in [5.74, 6) is 0.000918. The predicted molar refractivity (Wildman–Crippen MR) is 86.2 cm³/mol.